The molecule has 1 saturated carbocycles. The Morgan fingerprint density at radius 1 is 1.06 bits per heavy atom. The van der Waals surface area contributed by atoms with Crippen LogP contribution >= 0.6 is 0 Å². The third-order valence-corrected chi connectivity index (χ3v) is 8.79. The molecule has 3 aromatic rings. The summed E-state index contributed by atoms with van der Waals surface area (Å²) in [6, 6.07) is 26.8. The van der Waals surface area contributed by atoms with E-state index in [1.54, 1.807) is 0 Å². The Morgan fingerprint density at radius 3 is 2.62 bits per heavy atom. The quantitative estimate of drug-likeness (QED) is 0.550. The van der Waals surface area contributed by atoms with Gasteiger partial charge >= 0.3 is 0 Å². The van der Waals surface area contributed by atoms with Crippen molar-refractivity contribution in [2.24, 2.45) is 28.5 Å². The van der Waals surface area contributed by atoms with Crippen molar-refractivity contribution in [2.45, 2.75) is 56.8 Å². The van der Waals surface area contributed by atoms with Crippen molar-refractivity contribution in [3.63, 3.8) is 0 Å². The lowest BCUT2D eigenvalue weighted by atomic mass is 9.59. The molecule has 6 unspecified atom stereocenters. The molecule has 4 nitrogen and oxygen atoms in total. The summed E-state index contributed by atoms with van der Waals surface area (Å²) < 4.78 is 0. The number of amides is 1. The number of primary amides is 1. The number of carbonyl (C=O) groups is 1. The van der Waals surface area contributed by atoms with Gasteiger partial charge in [-0.25, -0.2) is 0 Å². The van der Waals surface area contributed by atoms with Crippen molar-refractivity contribution >= 4 is 22.9 Å². The predicted molar refractivity (Wildman–Crippen MR) is 138 cm³/mol. The van der Waals surface area contributed by atoms with Crippen LogP contribution in [0.4, 0.5) is 0 Å². The summed E-state index contributed by atoms with van der Waals surface area (Å²) in [5, 5.41) is 2.60. The van der Waals surface area contributed by atoms with Crippen molar-refractivity contribution in [1.82, 2.24) is 4.90 Å². The Labute approximate surface area is 201 Å². The molecule has 3 heterocycles. The maximum absolute atomic E-state index is 12.9. The number of nitrogens with zero attached hydrogens (tertiary/aromatic N) is 2. The second-order valence-corrected chi connectivity index (χ2v) is 10.5. The van der Waals surface area contributed by atoms with Crippen LogP contribution in [0.5, 0.6) is 0 Å². The van der Waals surface area contributed by atoms with E-state index in [1.165, 1.54) is 21.9 Å². The highest BCUT2D eigenvalue weighted by molar-refractivity contribution is 5.90. The zero-order valence-corrected chi connectivity index (χ0v) is 19.8. The van der Waals surface area contributed by atoms with Gasteiger partial charge in [-0.1, -0.05) is 86.1 Å². The fraction of sp³-hybridized carbons (Fsp3) is 0.400. The third-order valence-electron chi connectivity index (χ3n) is 8.79. The summed E-state index contributed by atoms with van der Waals surface area (Å²) in [6.07, 6.45) is 5.91. The van der Waals surface area contributed by atoms with E-state index in [-0.39, 0.29) is 11.8 Å². The Morgan fingerprint density at radius 2 is 1.82 bits per heavy atom. The molecule has 6 atom stereocenters. The Kier molecular flexibility index (Phi) is 5.29. The van der Waals surface area contributed by atoms with Gasteiger partial charge in [0, 0.05) is 36.7 Å². The van der Waals surface area contributed by atoms with Crippen LogP contribution in [0.15, 0.2) is 77.8 Å². The van der Waals surface area contributed by atoms with Crippen molar-refractivity contribution in [3.8, 4) is 0 Å². The SMILES string of the molecule is CCCC1C2C3C=NC1(C(N)=O)CC3C(Cc1ccccc1)N2Cc1cccc2ccccc12. The zero-order valence-electron chi connectivity index (χ0n) is 19.8. The van der Waals surface area contributed by atoms with E-state index >= 15 is 0 Å². The van der Waals surface area contributed by atoms with Crippen molar-refractivity contribution < 1.29 is 4.79 Å². The van der Waals surface area contributed by atoms with Gasteiger partial charge in [0.2, 0.25) is 5.91 Å². The van der Waals surface area contributed by atoms with Crippen LogP contribution in [0.1, 0.15) is 37.3 Å². The number of hydrogen-bond acceptors (Lipinski definition) is 3. The lowest BCUT2D eigenvalue weighted by Gasteiger charge is -2.50. The summed E-state index contributed by atoms with van der Waals surface area (Å²) in [6.45, 7) is 3.10. The van der Waals surface area contributed by atoms with Crippen LogP contribution in [0.3, 0.4) is 0 Å². The van der Waals surface area contributed by atoms with Gasteiger partial charge in [-0.15, -0.1) is 0 Å². The van der Waals surface area contributed by atoms with E-state index in [9.17, 15) is 4.79 Å². The summed E-state index contributed by atoms with van der Waals surface area (Å²) in [5.41, 5.74) is 8.08. The van der Waals surface area contributed by atoms with Crippen LogP contribution in [-0.2, 0) is 17.8 Å². The van der Waals surface area contributed by atoms with E-state index in [0.29, 0.717) is 23.9 Å². The number of benzene rings is 3. The lowest BCUT2D eigenvalue weighted by molar-refractivity contribution is -0.128. The Hall–Kier alpha value is -2.98. The van der Waals surface area contributed by atoms with E-state index in [4.69, 9.17) is 10.7 Å². The van der Waals surface area contributed by atoms with Crippen molar-refractivity contribution in [1.29, 1.82) is 0 Å². The van der Waals surface area contributed by atoms with E-state index < -0.39 is 5.54 Å². The van der Waals surface area contributed by atoms with Gasteiger partial charge in [0.05, 0.1) is 0 Å². The molecule has 34 heavy (non-hydrogen) atoms. The zero-order chi connectivity index (χ0) is 23.3. The van der Waals surface area contributed by atoms with Gasteiger partial charge in [-0.2, -0.15) is 0 Å². The second kappa shape index (κ2) is 8.35. The lowest BCUT2D eigenvalue weighted by Crippen LogP contribution is -2.62. The minimum Gasteiger partial charge on any atom is -0.368 e. The van der Waals surface area contributed by atoms with E-state index in [2.05, 4.69) is 90.8 Å². The molecule has 3 aliphatic heterocycles. The number of rotatable bonds is 7. The molecular weight excluding hydrogens is 418 g/mol. The molecule has 2 fully saturated rings. The Balaban J connectivity index is 1.45. The molecule has 2 N–H and O–H groups in total. The monoisotopic (exact) mass is 451 g/mol. The third kappa shape index (κ3) is 3.23. The molecule has 0 radical (unpaired) electrons. The van der Waals surface area contributed by atoms with Gasteiger partial charge < -0.3 is 5.73 Å². The van der Waals surface area contributed by atoms with Crippen LogP contribution < -0.4 is 5.73 Å². The number of aliphatic imine (C=N–C) groups is 1. The first-order valence-electron chi connectivity index (χ1n) is 12.7. The van der Waals surface area contributed by atoms with Gasteiger partial charge in [-0.3, -0.25) is 14.7 Å². The molecule has 0 aromatic heterocycles. The maximum atomic E-state index is 12.9. The first-order chi connectivity index (χ1) is 16.6. The van der Waals surface area contributed by atoms with Gasteiger partial charge in [0.25, 0.3) is 0 Å². The fourth-order valence-corrected chi connectivity index (χ4v) is 7.37. The molecule has 1 amide bonds. The van der Waals surface area contributed by atoms with Gasteiger partial charge in [0.15, 0.2) is 0 Å². The summed E-state index contributed by atoms with van der Waals surface area (Å²) in [5.74, 6) is 0.734. The average molecular weight is 452 g/mol. The number of fused-ring (bicyclic) bond motifs is 1. The molecule has 174 valence electrons. The fourth-order valence-electron chi connectivity index (χ4n) is 7.37. The highest BCUT2D eigenvalue weighted by Gasteiger charge is 2.65. The molecule has 1 saturated heterocycles. The minimum absolute atomic E-state index is 0.178. The Bertz CT molecular complexity index is 1230. The molecule has 4 bridgehead atoms. The molecular formula is C30H33N3O. The molecule has 4 heteroatoms. The van der Waals surface area contributed by atoms with Crippen LogP contribution in [0.2, 0.25) is 0 Å². The van der Waals surface area contributed by atoms with E-state index in [1.807, 2.05) is 0 Å². The molecule has 1 aliphatic carbocycles. The highest BCUT2D eigenvalue weighted by atomic mass is 16.1. The summed E-state index contributed by atoms with van der Waals surface area (Å²) in [4.78, 5) is 20.5. The number of likely N-dealkylation sites (tertiary alicyclic amines) is 1. The second-order valence-electron chi connectivity index (χ2n) is 10.5. The molecule has 4 aliphatic rings. The number of hydrogen-bond donors (Lipinski definition) is 1. The first-order valence-corrected chi connectivity index (χ1v) is 12.7. The average Bonchev–Trinajstić information content (AvgIpc) is 3.10. The maximum Gasteiger partial charge on any atom is 0.245 e. The predicted octanol–water partition coefficient (Wildman–Crippen LogP) is 5.00. The smallest absolute Gasteiger partial charge is 0.245 e. The largest absolute Gasteiger partial charge is 0.368 e. The molecule has 0 spiro atoms. The van der Waals surface area contributed by atoms with Gasteiger partial charge in [-0.05, 0) is 47.1 Å². The molecule has 7 rings (SSSR count). The van der Waals surface area contributed by atoms with Crippen LogP contribution in [-0.4, -0.2) is 34.6 Å². The highest BCUT2D eigenvalue weighted by Crippen LogP contribution is 2.57. The normalized spacial score (nSPS) is 31.9. The van der Waals surface area contributed by atoms with Crippen molar-refractivity contribution in [3.05, 3.63) is 83.9 Å². The number of carbonyl (C=O) groups excluding carboxylic acids is 1. The van der Waals surface area contributed by atoms with Gasteiger partial charge in [0.1, 0.15) is 5.54 Å². The van der Waals surface area contributed by atoms with E-state index in [0.717, 1.165) is 32.2 Å². The topological polar surface area (TPSA) is 58.7 Å². The standard InChI is InChI=1S/C30H33N3O/c1-2-9-26-28-25-18-32-30(26,29(31)34)17-24(25)27(16-20-10-4-3-5-11-20)33(28)19-22-14-8-13-21-12-6-7-15-23(21)22/h3-8,10-15,18,24-28H,2,9,16-17,19H2,1H3,(H2,31,34). The first kappa shape index (κ1) is 21.5. The molecule has 3 aromatic carbocycles. The number of nitrogens with two attached hydrogens (primary N) is 1. The summed E-state index contributed by atoms with van der Waals surface area (Å²) in [7, 11) is 0. The minimum atomic E-state index is -0.747. The van der Waals surface area contributed by atoms with Crippen LogP contribution in [0.25, 0.3) is 10.8 Å². The van der Waals surface area contributed by atoms with Crippen LogP contribution in [0, 0.1) is 17.8 Å². The summed E-state index contributed by atoms with van der Waals surface area (Å²) >= 11 is 0. The van der Waals surface area contributed by atoms with Crippen molar-refractivity contribution in [2.75, 3.05) is 0 Å².